The Morgan fingerprint density at radius 3 is 2.70 bits per heavy atom. The van der Waals surface area contributed by atoms with Crippen molar-refractivity contribution in [3.63, 3.8) is 0 Å². The second kappa shape index (κ2) is 2.23. The lowest BCUT2D eigenvalue weighted by Gasteiger charge is -2.17. The van der Waals surface area contributed by atoms with E-state index in [1.807, 2.05) is 0 Å². The molecule has 0 aliphatic heterocycles. The van der Waals surface area contributed by atoms with Gasteiger partial charge < -0.3 is 5.11 Å². The summed E-state index contributed by atoms with van der Waals surface area (Å²) in [5, 5.41) is 8.93. The van der Waals surface area contributed by atoms with Crippen LogP contribution in [-0.2, 0) is 0 Å². The summed E-state index contributed by atoms with van der Waals surface area (Å²) in [4.78, 5) is 0. The highest BCUT2D eigenvalue weighted by atomic mass is 16.3. The van der Waals surface area contributed by atoms with Crippen LogP contribution >= 0.6 is 0 Å². The van der Waals surface area contributed by atoms with Crippen molar-refractivity contribution in [2.24, 2.45) is 23.7 Å². The Morgan fingerprint density at radius 2 is 2.30 bits per heavy atom. The smallest absolute Gasteiger partial charge is 0.0459 e. The molecule has 4 unspecified atom stereocenters. The molecule has 1 N–H and O–H groups in total. The minimum absolute atomic E-state index is 0.397. The molecule has 2 saturated carbocycles. The van der Waals surface area contributed by atoms with Crippen molar-refractivity contribution in [3.05, 3.63) is 0 Å². The van der Waals surface area contributed by atoms with E-state index in [0.29, 0.717) is 12.5 Å². The number of rotatable bonds is 2. The lowest BCUT2D eigenvalue weighted by Crippen LogP contribution is -2.14. The molecule has 2 aliphatic rings. The molecule has 2 fully saturated rings. The molecule has 0 heterocycles. The van der Waals surface area contributed by atoms with Gasteiger partial charge >= 0.3 is 0 Å². The van der Waals surface area contributed by atoms with Gasteiger partial charge in [0.1, 0.15) is 0 Å². The van der Waals surface area contributed by atoms with Gasteiger partial charge in [0.2, 0.25) is 0 Å². The first-order valence-corrected chi connectivity index (χ1v) is 4.43. The van der Waals surface area contributed by atoms with Gasteiger partial charge in [0, 0.05) is 6.61 Å². The molecule has 1 heteroatoms. The van der Waals surface area contributed by atoms with E-state index in [-0.39, 0.29) is 0 Å². The summed E-state index contributed by atoms with van der Waals surface area (Å²) in [5.41, 5.74) is 0. The van der Waals surface area contributed by atoms with Crippen LogP contribution in [-0.4, -0.2) is 11.7 Å². The van der Waals surface area contributed by atoms with Gasteiger partial charge in [-0.05, 0) is 42.9 Å². The van der Waals surface area contributed by atoms with Crippen LogP contribution in [0.3, 0.4) is 0 Å². The van der Waals surface area contributed by atoms with Crippen LogP contribution < -0.4 is 0 Å². The maximum atomic E-state index is 8.93. The number of aliphatic hydroxyl groups is 1. The van der Waals surface area contributed by atoms with Crippen LogP contribution in [0.2, 0.25) is 0 Å². The standard InChI is InChI=1S/C9H16O/c1-6(5-10)8-3-2-7-4-9(7)8/h6-10H,2-5H2,1H3. The molecule has 0 amide bonds. The average Bonchev–Trinajstić information content (AvgIpc) is 2.62. The van der Waals surface area contributed by atoms with Gasteiger partial charge in [0.15, 0.2) is 0 Å². The molecule has 2 rings (SSSR count). The normalized spacial score (nSPS) is 46.8. The van der Waals surface area contributed by atoms with E-state index in [2.05, 4.69) is 6.92 Å². The maximum Gasteiger partial charge on any atom is 0.0459 e. The Morgan fingerprint density at radius 1 is 1.50 bits per heavy atom. The molecule has 0 spiro atoms. The van der Waals surface area contributed by atoms with Crippen LogP contribution in [0, 0.1) is 23.7 Å². The first kappa shape index (κ1) is 6.66. The Labute approximate surface area is 62.4 Å². The molecule has 58 valence electrons. The van der Waals surface area contributed by atoms with Gasteiger partial charge in [-0.2, -0.15) is 0 Å². The zero-order chi connectivity index (χ0) is 7.14. The number of aliphatic hydroxyl groups excluding tert-OH is 1. The molecule has 0 bridgehead atoms. The Kier molecular flexibility index (Phi) is 1.48. The fourth-order valence-corrected chi connectivity index (χ4v) is 2.59. The van der Waals surface area contributed by atoms with Crippen LogP contribution in [0.5, 0.6) is 0 Å². The third kappa shape index (κ3) is 0.878. The van der Waals surface area contributed by atoms with E-state index in [1.54, 1.807) is 0 Å². The second-order valence-electron chi connectivity index (χ2n) is 4.06. The summed E-state index contributed by atoms with van der Waals surface area (Å²) in [7, 11) is 0. The maximum absolute atomic E-state index is 8.93. The first-order valence-electron chi connectivity index (χ1n) is 4.43. The SMILES string of the molecule is CC(CO)C1CCC2CC21. The fourth-order valence-electron chi connectivity index (χ4n) is 2.59. The molecular weight excluding hydrogens is 124 g/mol. The molecule has 1 nitrogen and oxygen atoms in total. The summed E-state index contributed by atoms with van der Waals surface area (Å²) in [5.74, 6) is 3.52. The Hall–Kier alpha value is -0.0400. The quantitative estimate of drug-likeness (QED) is 0.618. The number of fused-ring (bicyclic) bond motifs is 1. The largest absolute Gasteiger partial charge is 0.396 e. The highest BCUT2D eigenvalue weighted by molar-refractivity contribution is 4.98. The topological polar surface area (TPSA) is 20.2 Å². The molecule has 2 aliphatic carbocycles. The first-order chi connectivity index (χ1) is 4.83. The highest BCUT2D eigenvalue weighted by Gasteiger charge is 2.49. The fraction of sp³-hybridized carbons (Fsp3) is 1.00. The summed E-state index contributed by atoms with van der Waals surface area (Å²) in [6, 6.07) is 0. The predicted molar refractivity (Wildman–Crippen MR) is 40.6 cm³/mol. The third-order valence-corrected chi connectivity index (χ3v) is 3.42. The van der Waals surface area contributed by atoms with E-state index in [9.17, 15) is 0 Å². The highest BCUT2D eigenvalue weighted by Crippen LogP contribution is 2.57. The van der Waals surface area contributed by atoms with Crippen molar-refractivity contribution in [1.82, 2.24) is 0 Å². The lowest BCUT2D eigenvalue weighted by atomic mass is 9.90. The molecular formula is C9H16O. The van der Waals surface area contributed by atoms with Crippen molar-refractivity contribution in [3.8, 4) is 0 Å². The van der Waals surface area contributed by atoms with Crippen molar-refractivity contribution >= 4 is 0 Å². The summed E-state index contributed by atoms with van der Waals surface area (Å²) in [6.07, 6.45) is 4.30. The predicted octanol–water partition coefficient (Wildman–Crippen LogP) is 1.66. The van der Waals surface area contributed by atoms with E-state index in [1.165, 1.54) is 19.3 Å². The molecule has 10 heavy (non-hydrogen) atoms. The van der Waals surface area contributed by atoms with Crippen LogP contribution in [0.15, 0.2) is 0 Å². The third-order valence-electron chi connectivity index (χ3n) is 3.42. The average molecular weight is 140 g/mol. The number of hydrogen-bond donors (Lipinski definition) is 1. The van der Waals surface area contributed by atoms with E-state index in [0.717, 1.165) is 17.8 Å². The summed E-state index contributed by atoms with van der Waals surface area (Å²) in [6.45, 7) is 2.58. The van der Waals surface area contributed by atoms with Gasteiger partial charge in [-0.15, -0.1) is 0 Å². The minimum Gasteiger partial charge on any atom is -0.396 e. The van der Waals surface area contributed by atoms with Crippen LogP contribution in [0.1, 0.15) is 26.2 Å². The monoisotopic (exact) mass is 140 g/mol. The van der Waals surface area contributed by atoms with Crippen molar-refractivity contribution in [1.29, 1.82) is 0 Å². The van der Waals surface area contributed by atoms with Gasteiger partial charge in [-0.1, -0.05) is 6.92 Å². The molecule has 0 aromatic rings. The van der Waals surface area contributed by atoms with Gasteiger partial charge in [0.25, 0.3) is 0 Å². The zero-order valence-corrected chi connectivity index (χ0v) is 6.59. The van der Waals surface area contributed by atoms with E-state index < -0.39 is 0 Å². The molecule has 0 aromatic carbocycles. The molecule has 0 radical (unpaired) electrons. The van der Waals surface area contributed by atoms with E-state index >= 15 is 0 Å². The minimum atomic E-state index is 0.397. The molecule has 0 saturated heterocycles. The second-order valence-corrected chi connectivity index (χ2v) is 4.06. The van der Waals surface area contributed by atoms with Gasteiger partial charge in [-0.25, -0.2) is 0 Å². The van der Waals surface area contributed by atoms with Crippen LogP contribution in [0.25, 0.3) is 0 Å². The van der Waals surface area contributed by atoms with E-state index in [4.69, 9.17) is 5.11 Å². The molecule has 0 aromatic heterocycles. The summed E-state index contributed by atoms with van der Waals surface area (Å²) >= 11 is 0. The Balaban J connectivity index is 1.92. The molecule has 4 atom stereocenters. The van der Waals surface area contributed by atoms with Gasteiger partial charge in [-0.3, -0.25) is 0 Å². The number of hydrogen-bond acceptors (Lipinski definition) is 1. The van der Waals surface area contributed by atoms with Crippen molar-refractivity contribution in [2.75, 3.05) is 6.61 Å². The van der Waals surface area contributed by atoms with Crippen molar-refractivity contribution in [2.45, 2.75) is 26.2 Å². The lowest BCUT2D eigenvalue weighted by molar-refractivity contribution is 0.178. The van der Waals surface area contributed by atoms with Crippen molar-refractivity contribution < 1.29 is 5.11 Å². The Bertz CT molecular complexity index is 133. The zero-order valence-electron chi connectivity index (χ0n) is 6.59. The van der Waals surface area contributed by atoms with Crippen LogP contribution in [0.4, 0.5) is 0 Å². The summed E-state index contributed by atoms with van der Waals surface area (Å²) < 4.78 is 0. The van der Waals surface area contributed by atoms with Gasteiger partial charge in [0.05, 0.1) is 0 Å².